The second-order valence-corrected chi connectivity index (χ2v) is 10.6. The molecule has 0 amide bonds. The molecule has 0 fully saturated rings. The topological polar surface area (TPSA) is 60.3 Å². The summed E-state index contributed by atoms with van der Waals surface area (Å²) in [6.07, 6.45) is -3.28. The molecular weight excluding hydrogens is 489 g/mol. The van der Waals surface area contributed by atoms with E-state index in [4.69, 9.17) is 4.74 Å². The van der Waals surface area contributed by atoms with Crippen LogP contribution >= 0.6 is 0 Å². The Hall–Kier alpha value is -3.30. The fourth-order valence-corrected chi connectivity index (χ4v) is 6.08. The molecule has 0 aliphatic heterocycles. The van der Waals surface area contributed by atoms with Gasteiger partial charge in [0.15, 0.2) is 0 Å². The highest BCUT2D eigenvalue weighted by molar-refractivity contribution is 7.89. The van der Waals surface area contributed by atoms with Crippen molar-refractivity contribution in [1.29, 1.82) is 0 Å². The molecule has 1 unspecified atom stereocenters. The lowest BCUT2D eigenvalue weighted by atomic mass is 10.1. The number of halogens is 3. The highest BCUT2D eigenvalue weighted by atomic mass is 32.2. The molecule has 9 heteroatoms. The average molecular weight is 517 g/mol. The van der Waals surface area contributed by atoms with Crippen molar-refractivity contribution >= 4 is 20.9 Å². The SMILES string of the molecule is Cc1cc(C)c(S(=O)(=O)NC(Cn2ccc3cc(OCc4ccccc4)ccc32)C(F)(F)F)c(C)c1. The zero-order chi connectivity index (χ0) is 26.1. The maximum atomic E-state index is 14.0. The number of nitrogens with one attached hydrogen (secondary N) is 1. The molecule has 3 aromatic carbocycles. The molecule has 1 N–H and O–H groups in total. The largest absolute Gasteiger partial charge is 0.489 e. The quantitative estimate of drug-likeness (QED) is 0.310. The van der Waals surface area contributed by atoms with Crippen LogP contribution in [0.15, 0.2) is 77.8 Å². The van der Waals surface area contributed by atoms with E-state index < -0.39 is 28.8 Å². The molecule has 0 spiro atoms. The van der Waals surface area contributed by atoms with Crippen LogP contribution in [0.4, 0.5) is 13.2 Å². The Morgan fingerprint density at radius 3 is 2.25 bits per heavy atom. The normalized spacial score (nSPS) is 13.2. The third-order valence-electron chi connectivity index (χ3n) is 5.94. The van der Waals surface area contributed by atoms with Gasteiger partial charge in [0, 0.05) is 23.6 Å². The van der Waals surface area contributed by atoms with Crippen LogP contribution in [0.1, 0.15) is 22.3 Å². The smallest absolute Gasteiger partial charge is 0.406 e. The minimum Gasteiger partial charge on any atom is -0.489 e. The summed E-state index contributed by atoms with van der Waals surface area (Å²) in [6, 6.07) is 17.4. The Balaban J connectivity index is 1.57. The molecule has 0 aliphatic rings. The van der Waals surface area contributed by atoms with Gasteiger partial charge >= 0.3 is 6.18 Å². The first kappa shape index (κ1) is 25.8. The third-order valence-corrected chi connectivity index (χ3v) is 7.71. The van der Waals surface area contributed by atoms with E-state index in [2.05, 4.69) is 0 Å². The number of benzene rings is 3. The second-order valence-electron chi connectivity index (χ2n) is 8.91. The van der Waals surface area contributed by atoms with Crippen LogP contribution in [0.5, 0.6) is 5.75 Å². The summed E-state index contributed by atoms with van der Waals surface area (Å²) >= 11 is 0. The molecule has 1 atom stereocenters. The van der Waals surface area contributed by atoms with E-state index in [-0.39, 0.29) is 4.90 Å². The van der Waals surface area contributed by atoms with E-state index in [9.17, 15) is 21.6 Å². The van der Waals surface area contributed by atoms with Gasteiger partial charge in [0.2, 0.25) is 10.0 Å². The molecule has 1 heterocycles. The van der Waals surface area contributed by atoms with Gasteiger partial charge in [-0.1, -0.05) is 48.0 Å². The Labute approximate surface area is 208 Å². The number of sulfonamides is 1. The predicted octanol–water partition coefficient (Wildman–Crippen LogP) is 6.05. The lowest BCUT2D eigenvalue weighted by Crippen LogP contribution is -2.48. The van der Waals surface area contributed by atoms with Gasteiger partial charge in [-0.3, -0.25) is 0 Å². The number of aryl methyl sites for hydroxylation is 3. The second kappa shape index (κ2) is 9.99. The van der Waals surface area contributed by atoms with Crippen molar-refractivity contribution in [2.24, 2.45) is 0 Å². The first-order valence-corrected chi connectivity index (χ1v) is 12.8. The minimum absolute atomic E-state index is 0.125. The van der Waals surface area contributed by atoms with Gasteiger partial charge in [0.05, 0.1) is 4.90 Å². The lowest BCUT2D eigenvalue weighted by Gasteiger charge is -2.24. The van der Waals surface area contributed by atoms with Gasteiger partial charge in [0.25, 0.3) is 0 Å². The molecule has 1 aromatic heterocycles. The zero-order valence-electron chi connectivity index (χ0n) is 20.1. The standard InChI is InChI=1S/C27H27F3N2O3S/c1-18-13-19(2)26(20(3)14-18)36(33,34)31-25(27(28,29)30)16-32-12-11-22-15-23(9-10-24(22)32)35-17-21-7-5-4-6-8-21/h4-15,25,31H,16-17H2,1-3H3. The van der Waals surface area contributed by atoms with Gasteiger partial charge < -0.3 is 9.30 Å². The van der Waals surface area contributed by atoms with Gasteiger partial charge in [-0.15, -0.1) is 0 Å². The van der Waals surface area contributed by atoms with Gasteiger partial charge in [-0.2, -0.15) is 17.9 Å². The Bertz CT molecular complexity index is 1460. The maximum absolute atomic E-state index is 14.0. The molecule has 0 bridgehead atoms. The minimum atomic E-state index is -4.80. The Morgan fingerprint density at radius 2 is 1.61 bits per heavy atom. The molecule has 36 heavy (non-hydrogen) atoms. The van der Waals surface area contributed by atoms with Gasteiger partial charge in [-0.25, -0.2) is 8.42 Å². The van der Waals surface area contributed by atoms with Crippen molar-refractivity contribution in [3.05, 3.63) is 95.2 Å². The van der Waals surface area contributed by atoms with Crippen LogP contribution in [-0.4, -0.2) is 25.2 Å². The number of alkyl halides is 3. The summed E-state index contributed by atoms with van der Waals surface area (Å²) in [5, 5.41) is 0.689. The van der Waals surface area contributed by atoms with E-state index in [0.29, 0.717) is 34.4 Å². The summed E-state index contributed by atoms with van der Waals surface area (Å²) < 4.78 is 77.1. The molecule has 0 radical (unpaired) electrons. The summed E-state index contributed by atoms with van der Waals surface area (Å²) in [5.74, 6) is 0.586. The van der Waals surface area contributed by atoms with Crippen LogP contribution in [-0.2, 0) is 23.2 Å². The molecule has 0 aliphatic carbocycles. The van der Waals surface area contributed by atoms with Crippen molar-refractivity contribution in [2.75, 3.05) is 0 Å². The summed E-state index contributed by atoms with van der Waals surface area (Å²) in [6.45, 7) is 4.71. The van der Waals surface area contributed by atoms with Crippen molar-refractivity contribution in [3.8, 4) is 5.75 Å². The first-order chi connectivity index (χ1) is 16.9. The fraction of sp³-hybridized carbons (Fsp3) is 0.259. The predicted molar refractivity (Wildman–Crippen MR) is 134 cm³/mol. The van der Waals surface area contributed by atoms with Crippen LogP contribution in [0, 0.1) is 20.8 Å². The Kier molecular flexibility index (Phi) is 7.15. The van der Waals surface area contributed by atoms with E-state index in [1.54, 1.807) is 57.2 Å². The molecule has 4 aromatic rings. The number of fused-ring (bicyclic) bond motifs is 1. The van der Waals surface area contributed by atoms with Crippen LogP contribution in [0.2, 0.25) is 0 Å². The first-order valence-electron chi connectivity index (χ1n) is 11.4. The summed E-state index contributed by atoms with van der Waals surface area (Å²) in [4.78, 5) is -0.125. The summed E-state index contributed by atoms with van der Waals surface area (Å²) in [7, 11) is -4.42. The van der Waals surface area contributed by atoms with Crippen LogP contribution in [0.25, 0.3) is 10.9 Å². The molecule has 190 valence electrons. The number of nitrogens with zero attached hydrogens (tertiary/aromatic N) is 1. The van der Waals surface area contributed by atoms with E-state index in [0.717, 1.165) is 11.1 Å². The molecule has 0 saturated carbocycles. The number of rotatable bonds is 8. The van der Waals surface area contributed by atoms with E-state index >= 15 is 0 Å². The number of hydrogen-bond acceptors (Lipinski definition) is 3. The molecule has 4 rings (SSSR count). The van der Waals surface area contributed by atoms with Crippen molar-refractivity contribution in [3.63, 3.8) is 0 Å². The fourth-order valence-electron chi connectivity index (χ4n) is 4.41. The van der Waals surface area contributed by atoms with Crippen molar-refractivity contribution < 1.29 is 26.3 Å². The van der Waals surface area contributed by atoms with Gasteiger partial charge in [-0.05, 0) is 61.7 Å². The molecular formula is C27H27F3N2O3S. The highest BCUT2D eigenvalue weighted by Gasteiger charge is 2.43. The Morgan fingerprint density at radius 1 is 0.944 bits per heavy atom. The summed E-state index contributed by atoms with van der Waals surface area (Å²) in [5.41, 5.74) is 3.17. The van der Waals surface area contributed by atoms with E-state index in [1.165, 1.54) is 10.8 Å². The van der Waals surface area contributed by atoms with E-state index in [1.807, 2.05) is 35.1 Å². The maximum Gasteiger partial charge on any atom is 0.406 e. The monoisotopic (exact) mass is 516 g/mol. The number of aromatic nitrogens is 1. The molecule has 0 saturated heterocycles. The lowest BCUT2D eigenvalue weighted by molar-refractivity contribution is -0.154. The van der Waals surface area contributed by atoms with Crippen molar-refractivity contribution in [2.45, 2.75) is 51.0 Å². The molecule has 5 nitrogen and oxygen atoms in total. The van der Waals surface area contributed by atoms with Crippen LogP contribution in [0.3, 0.4) is 0 Å². The number of hydrogen-bond donors (Lipinski definition) is 1. The zero-order valence-corrected chi connectivity index (χ0v) is 21.0. The average Bonchev–Trinajstić information content (AvgIpc) is 3.18. The van der Waals surface area contributed by atoms with Crippen molar-refractivity contribution in [1.82, 2.24) is 9.29 Å². The number of ether oxygens (including phenoxy) is 1. The third kappa shape index (κ3) is 5.74. The van der Waals surface area contributed by atoms with Crippen LogP contribution < -0.4 is 9.46 Å². The highest BCUT2D eigenvalue weighted by Crippen LogP contribution is 2.29. The van der Waals surface area contributed by atoms with Gasteiger partial charge in [0.1, 0.15) is 18.4 Å².